The smallest absolute Gasteiger partial charge is 0.121 e. The fourth-order valence-corrected chi connectivity index (χ4v) is 3.80. The number of aromatic hydroxyl groups is 1. The number of fused-ring (bicyclic) bond motifs is 1. The van der Waals surface area contributed by atoms with Crippen LogP contribution < -0.4 is 0 Å². The summed E-state index contributed by atoms with van der Waals surface area (Å²) in [5.41, 5.74) is 0.977. The molecule has 2 aliphatic heterocycles. The largest absolute Gasteiger partial charge is 0.508 e. The molecule has 0 aromatic heterocycles. The predicted molar refractivity (Wildman–Crippen MR) is 77.5 cm³/mol. The first-order chi connectivity index (χ1) is 9.04. The summed E-state index contributed by atoms with van der Waals surface area (Å²) in [6, 6.07) is 6.09. The Morgan fingerprint density at radius 3 is 2.79 bits per heavy atom. The molecule has 2 saturated heterocycles. The van der Waals surface area contributed by atoms with E-state index >= 15 is 0 Å². The van der Waals surface area contributed by atoms with Crippen molar-refractivity contribution in [3.05, 3.63) is 28.8 Å². The van der Waals surface area contributed by atoms with Gasteiger partial charge in [0.05, 0.1) is 0 Å². The van der Waals surface area contributed by atoms with Crippen LogP contribution >= 0.6 is 11.6 Å². The van der Waals surface area contributed by atoms with E-state index in [0.717, 1.165) is 37.0 Å². The highest BCUT2D eigenvalue weighted by molar-refractivity contribution is 6.30. The van der Waals surface area contributed by atoms with Gasteiger partial charge in [0.2, 0.25) is 0 Å². The Hall–Kier alpha value is -0.770. The first-order valence-electron chi connectivity index (χ1n) is 6.94. The van der Waals surface area contributed by atoms with Gasteiger partial charge in [-0.3, -0.25) is 4.90 Å². The minimum Gasteiger partial charge on any atom is -0.508 e. The molecule has 3 unspecified atom stereocenters. The average Bonchev–Trinajstić information content (AvgIpc) is 2.84. The Labute approximate surface area is 119 Å². The third kappa shape index (κ3) is 2.47. The summed E-state index contributed by atoms with van der Waals surface area (Å²) in [7, 11) is 2.22. The monoisotopic (exact) mass is 280 g/mol. The summed E-state index contributed by atoms with van der Waals surface area (Å²) in [6.07, 6.45) is 0. The molecule has 1 aromatic carbocycles. The summed E-state index contributed by atoms with van der Waals surface area (Å²) in [5, 5.41) is 10.5. The molecule has 0 radical (unpaired) electrons. The Morgan fingerprint density at radius 1 is 1.32 bits per heavy atom. The zero-order valence-electron chi connectivity index (χ0n) is 11.5. The Balaban J connectivity index is 1.67. The summed E-state index contributed by atoms with van der Waals surface area (Å²) < 4.78 is 0. The molecule has 2 aliphatic rings. The van der Waals surface area contributed by atoms with Crippen molar-refractivity contribution in [3.63, 3.8) is 0 Å². The van der Waals surface area contributed by atoms with Crippen LogP contribution in [0.3, 0.4) is 0 Å². The highest BCUT2D eigenvalue weighted by Gasteiger charge is 2.43. The molecule has 3 nitrogen and oxygen atoms in total. The van der Waals surface area contributed by atoms with E-state index in [1.165, 1.54) is 6.54 Å². The summed E-state index contributed by atoms with van der Waals surface area (Å²) in [6.45, 7) is 6.63. The molecule has 2 fully saturated rings. The van der Waals surface area contributed by atoms with Gasteiger partial charge in [0.1, 0.15) is 5.75 Å². The zero-order valence-corrected chi connectivity index (χ0v) is 12.3. The number of hydrogen-bond acceptors (Lipinski definition) is 3. The molecule has 0 aliphatic carbocycles. The van der Waals surface area contributed by atoms with Gasteiger partial charge in [-0.15, -0.1) is 0 Å². The number of benzene rings is 1. The highest BCUT2D eigenvalue weighted by atomic mass is 35.5. The van der Waals surface area contributed by atoms with E-state index in [-0.39, 0.29) is 0 Å². The molecule has 4 heteroatoms. The number of nitrogens with zero attached hydrogens (tertiary/aromatic N) is 2. The van der Waals surface area contributed by atoms with E-state index in [9.17, 15) is 5.11 Å². The van der Waals surface area contributed by atoms with Crippen molar-refractivity contribution in [2.45, 2.75) is 19.5 Å². The lowest BCUT2D eigenvalue weighted by Crippen LogP contribution is -2.31. The van der Waals surface area contributed by atoms with Gasteiger partial charge < -0.3 is 10.0 Å². The molecule has 0 bridgehead atoms. The Kier molecular flexibility index (Phi) is 3.46. The number of likely N-dealkylation sites (tertiary alicyclic amines) is 2. The van der Waals surface area contributed by atoms with Crippen molar-refractivity contribution in [3.8, 4) is 5.75 Å². The quantitative estimate of drug-likeness (QED) is 0.901. The molecule has 3 atom stereocenters. The molecule has 1 aromatic rings. The van der Waals surface area contributed by atoms with Gasteiger partial charge in [0, 0.05) is 42.8 Å². The fourth-order valence-electron chi connectivity index (χ4n) is 3.63. The van der Waals surface area contributed by atoms with E-state index in [2.05, 4.69) is 23.8 Å². The van der Waals surface area contributed by atoms with Crippen LogP contribution in [0.4, 0.5) is 0 Å². The molecule has 0 saturated carbocycles. The minimum absolute atomic E-state index is 0.315. The van der Waals surface area contributed by atoms with Gasteiger partial charge >= 0.3 is 0 Å². The standard InChI is InChI=1S/C15H21ClN2O/c1-10-14-9-18(8-12(14)6-17(10)2)7-11-3-4-13(16)5-15(11)19/h3-5,10,12,14,19H,6-9H2,1-2H3. The SMILES string of the molecule is CC1C2CN(Cc3ccc(Cl)cc3O)CC2CN1C. The maximum absolute atomic E-state index is 9.93. The van der Waals surface area contributed by atoms with Crippen LogP contribution in [0.5, 0.6) is 5.75 Å². The lowest BCUT2D eigenvalue weighted by molar-refractivity contribution is 0.232. The summed E-state index contributed by atoms with van der Waals surface area (Å²) in [5.74, 6) is 1.88. The molecule has 1 N–H and O–H groups in total. The number of rotatable bonds is 2. The number of phenols is 1. The van der Waals surface area contributed by atoms with Gasteiger partial charge in [-0.25, -0.2) is 0 Å². The van der Waals surface area contributed by atoms with Crippen molar-refractivity contribution in [1.29, 1.82) is 0 Å². The minimum atomic E-state index is 0.315. The average molecular weight is 281 g/mol. The topological polar surface area (TPSA) is 26.7 Å². The van der Waals surface area contributed by atoms with E-state index < -0.39 is 0 Å². The van der Waals surface area contributed by atoms with Crippen LogP contribution in [0, 0.1) is 11.8 Å². The molecule has 0 spiro atoms. The zero-order chi connectivity index (χ0) is 13.6. The van der Waals surface area contributed by atoms with Crippen LogP contribution in [0.15, 0.2) is 18.2 Å². The van der Waals surface area contributed by atoms with Crippen LogP contribution in [0.25, 0.3) is 0 Å². The lowest BCUT2D eigenvalue weighted by atomic mass is 9.95. The van der Waals surface area contributed by atoms with E-state index in [1.807, 2.05) is 12.1 Å². The molecular formula is C15H21ClN2O. The normalized spacial score (nSPS) is 31.8. The van der Waals surface area contributed by atoms with E-state index in [1.54, 1.807) is 6.07 Å². The van der Waals surface area contributed by atoms with Crippen molar-refractivity contribution in [2.75, 3.05) is 26.7 Å². The predicted octanol–water partition coefficient (Wildman–Crippen LogP) is 2.43. The van der Waals surface area contributed by atoms with Crippen molar-refractivity contribution >= 4 is 11.6 Å². The van der Waals surface area contributed by atoms with Crippen LogP contribution in [-0.4, -0.2) is 47.6 Å². The van der Waals surface area contributed by atoms with Gasteiger partial charge in [-0.2, -0.15) is 0 Å². The number of halogens is 1. The highest BCUT2D eigenvalue weighted by Crippen LogP contribution is 2.36. The van der Waals surface area contributed by atoms with E-state index in [0.29, 0.717) is 16.8 Å². The third-order valence-electron chi connectivity index (χ3n) is 4.85. The second-order valence-electron chi connectivity index (χ2n) is 6.07. The molecule has 3 rings (SSSR count). The first kappa shape index (κ1) is 13.2. The van der Waals surface area contributed by atoms with E-state index in [4.69, 9.17) is 11.6 Å². The van der Waals surface area contributed by atoms with Crippen LogP contribution in [0.1, 0.15) is 12.5 Å². The number of phenolic OH excluding ortho intramolecular Hbond substituents is 1. The maximum Gasteiger partial charge on any atom is 0.121 e. The third-order valence-corrected chi connectivity index (χ3v) is 5.08. The van der Waals surface area contributed by atoms with Gasteiger partial charge in [-0.05, 0) is 37.9 Å². The van der Waals surface area contributed by atoms with Crippen molar-refractivity contribution in [1.82, 2.24) is 9.80 Å². The molecule has 0 amide bonds. The first-order valence-corrected chi connectivity index (χ1v) is 7.32. The summed E-state index contributed by atoms with van der Waals surface area (Å²) in [4.78, 5) is 4.92. The molecule has 104 valence electrons. The lowest BCUT2D eigenvalue weighted by Gasteiger charge is -2.23. The summed E-state index contributed by atoms with van der Waals surface area (Å²) >= 11 is 5.87. The second-order valence-corrected chi connectivity index (χ2v) is 6.51. The van der Waals surface area contributed by atoms with Gasteiger partial charge in [0.15, 0.2) is 0 Å². The fraction of sp³-hybridized carbons (Fsp3) is 0.600. The van der Waals surface area contributed by atoms with Crippen molar-refractivity contribution < 1.29 is 5.11 Å². The van der Waals surface area contributed by atoms with Gasteiger partial charge in [-0.1, -0.05) is 17.7 Å². The Morgan fingerprint density at radius 2 is 2.11 bits per heavy atom. The maximum atomic E-state index is 9.93. The molecule has 19 heavy (non-hydrogen) atoms. The number of hydrogen-bond donors (Lipinski definition) is 1. The van der Waals surface area contributed by atoms with Gasteiger partial charge in [0.25, 0.3) is 0 Å². The molecular weight excluding hydrogens is 260 g/mol. The van der Waals surface area contributed by atoms with Crippen LogP contribution in [0.2, 0.25) is 5.02 Å². The second kappa shape index (κ2) is 4.97. The van der Waals surface area contributed by atoms with Crippen LogP contribution in [-0.2, 0) is 6.54 Å². The van der Waals surface area contributed by atoms with Crippen molar-refractivity contribution in [2.24, 2.45) is 11.8 Å². The molecule has 2 heterocycles. The Bertz CT molecular complexity index is 479.